The SMILES string of the molecule is CC(CS(C)(=O)=O)NCC(O)COc1cccc(Br)c1. The Morgan fingerprint density at radius 3 is 2.75 bits per heavy atom. The maximum absolute atomic E-state index is 11.1. The standard InChI is InChI=1S/C13H20BrNO4S/c1-10(9-20(2,17)18)15-7-12(16)8-19-13-5-3-4-11(14)6-13/h3-6,10,12,15-16H,7-9H2,1-2H3. The van der Waals surface area contributed by atoms with Crippen LogP contribution in [0.25, 0.3) is 0 Å². The van der Waals surface area contributed by atoms with Gasteiger partial charge in [0, 0.05) is 23.3 Å². The van der Waals surface area contributed by atoms with Crippen molar-refractivity contribution in [1.82, 2.24) is 5.32 Å². The predicted molar refractivity (Wildman–Crippen MR) is 82.8 cm³/mol. The van der Waals surface area contributed by atoms with Crippen molar-refractivity contribution < 1.29 is 18.3 Å². The zero-order valence-electron chi connectivity index (χ0n) is 11.5. The number of hydrogen-bond donors (Lipinski definition) is 2. The molecule has 0 spiro atoms. The monoisotopic (exact) mass is 365 g/mol. The van der Waals surface area contributed by atoms with E-state index in [2.05, 4.69) is 21.2 Å². The van der Waals surface area contributed by atoms with E-state index >= 15 is 0 Å². The van der Waals surface area contributed by atoms with Crippen LogP contribution >= 0.6 is 15.9 Å². The van der Waals surface area contributed by atoms with E-state index in [1.165, 1.54) is 6.26 Å². The third-order valence-electron chi connectivity index (χ3n) is 2.49. The summed E-state index contributed by atoms with van der Waals surface area (Å²) in [6, 6.07) is 7.14. The van der Waals surface area contributed by atoms with E-state index in [1.54, 1.807) is 13.0 Å². The number of benzene rings is 1. The first-order chi connectivity index (χ1) is 9.26. The summed E-state index contributed by atoms with van der Waals surface area (Å²) in [6.45, 7) is 2.20. The van der Waals surface area contributed by atoms with Gasteiger partial charge in [-0.15, -0.1) is 0 Å². The van der Waals surface area contributed by atoms with Crippen LogP contribution in [-0.4, -0.2) is 50.8 Å². The van der Waals surface area contributed by atoms with Gasteiger partial charge in [0.25, 0.3) is 0 Å². The van der Waals surface area contributed by atoms with E-state index in [0.29, 0.717) is 5.75 Å². The van der Waals surface area contributed by atoms with Crippen molar-refractivity contribution in [2.45, 2.75) is 19.1 Å². The van der Waals surface area contributed by atoms with Gasteiger partial charge in [-0.2, -0.15) is 0 Å². The van der Waals surface area contributed by atoms with Crippen molar-refractivity contribution in [1.29, 1.82) is 0 Å². The first-order valence-electron chi connectivity index (χ1n) is 6.24. The molecule has 1 aromatic carbocycles. The second-order valence-electron chi connectivity index (χ2n) is 4.82. The van der Waals surface area contributed by atoms with E-state index in [9.17, 15) is 13.5 Å². The minimum Gasteiger partial charge on any atom is -0.491 e. The van der Waals surface area contributed by atoms with Gasteiger partial charge in [-0.1, -0.05) is 22.0 Å². The zero-order chi connectivity index (χ0) is 15.2. The first-order valence-corrected chi connectivity index (χ1v) is 9.09. The molecule has 0 bridgehead atoms. The summed E-state index contributed by atoms with van der Waals surface area (Å²) in [6.07, 6.45) is 0.494. The molecule has 2 N–H and O–H groups in total. The summed E-state index contributed by atoms with van der Waals surface area (Å²) in [5.41, 5.74) is 0. The van der Waals surface area contributed by atoms with Crippen LogP contribution in [0.3, 0.4) is 0 Å². The van der Waals surface area contributed by atoms with E-state index in [-0.39, 0.29) is 24.9 Å². The lowest BCUT2D eigenvalue weighted by Gasteiger charge is -2.17. The Kier molecular flexibility index (Phi) is 6.94. The molecule has 114 valence electrons. The average Bonchev–Trinajstić information content (AvgIpc) is 2.32. The second kappa shape index (κ2) is 7.97. The Labute approximate surface area is 128 Å². The van der Waals surface area contributed by atoms with Gasteiger partial charge in [0.05, 0.1) is 5.75 Å². The molecule has 0 aromatic heterocycles. The molecule has 2 unspecified atom stereocenters. The number of nitrogens with one attached hydrogen (secondary N) is 1. The highest BCUT2D eigenvalue weighted by Gasteiger charge is 2.12. The Balaban J connectivity index is 2.28. The van der Waals surface area contributed by atoms with Crippen molar-refractivity contribution in [3.05, 3.63) is 28.7 Å². The lowest BCUT2D eigenvalue weighted by atomic mass is 10.3. The normalized spacial score (nSPS) is 14.8. The Morgan fingerprint density at radius 1 is 1.45 bits per heavy atom. The maximum atomic E-state index is 11.1. The summed E-state index contributed by atoms with van der Waals surface area (Å²) >= 11 is 3.34. The number of hydrogen-bond acceptors (Lipinski definition) is 5. The van der Waals surface area contributed by atoms with Crippen LogP contribution in [-0.2, 0) is 9.84 Å². The van der Waals surface area contributed by atoms with Gasteiger partial charge in [0.2, 0.25) is 0 Å². The largest absolute Gasteiger partial charge is 0.491 e. The topological polar surface area (TPSA) is 75.6 Å². The molecule has 1 rings (SSSR count). The van der Waals surface area contributed by atoms with Crippen LogP contribution < -0.4 is 10.1 Å². The summed E-state index contributed by atoms with van der Waals surface area (Å²) in [5, 5.41) is 12.7. The Bertz CT molecular complexity index is 521. The van der Waals surface area contributed by atoms with E-state index in [0.717, 1.165) is 4.47 Å². The molecule has 0 aliphatic heterocycles. The smallest absolute Gasteiger partial charge is 0.148 e. The second-order valence-corrected chi connectivity index (χ2v) is 7.92. The third-order valence-corrected chi connectivity index (χ3v) is 4.09. The van der Waals surface area contributed by atoms with Crippen LogP contribution in [0.5, 0.6) is 5.75 Å². The first kappa shape index (κ1) is 17.4. The van der Waals surface area contributed by atoms with Crippen LogP contribution in [0.1, 0.15) is 6.92 Å². The van der Waals surface area contributed by atoms with Gasteiger partial charge in [-0.3, -0.25) is 0 Å². The van der Waals surface area contributed by atoms with Gasteiger partial charge in [0.15, 0.2) is 0 Å². The fraction of sp³-hybridized carbons (Fsp3) is 0.538. The molecule has 0 saturated heterocycles. The quantitative estimate of drug-likeness (QED) is 0.724. The number of ether oxygens (including phenoxy) is 1. The van der Waals surface area contributed by atoms with Gasteiger partial charge < -0.3 is 15.2 Å². The van der Waals surface area contributed by atoms with Crippen molar-refractivity contribution in [3.63, 3.8) is 0 Å². The molecule has 20 heavy (non-hydrogen) atoms. The fourth-order valence-electron chi connectivity index (χ4n) is 1.66. The van der Waals surface area contributed by atoms with Crippen molar-refractivity contribution in [2.75, 3.05) is 25.2 Å². The van der Waals surface area contributed by atoms with E-state index < -0.39 is 15.9 Å². The van der Waals surface area contributed by atoms with Crippen LogP contribution in [0, 0.1) is 0 Å². The summed E-state index contributed by atoms with van der Waals surface area (Å²) in [7, 11) is -3.01. The lowest BCUT2D eigenvalue weighted by molar-refractivity contribution is 0.104. The Morgan fingerprint density at radius 2 is 2.15 bits per heavy atom. The molecule has 0 saturated carbocycles. The molecule has 0 heterocycles. The highest BCUT2D eigenvalue weighted by Crippen LogP contribution is 2.17. The molecular weight excluding hydrogens is 346 g/mol. The molecule has 0 aliphatic carbocycles. The van der Waals surface area contributed by atoms with Gasteiger partial charge in [-0.25, -0.2) is 8.42 Å². The number of sulfone groups is 1. The molecule has 5 nitrogen and oxygen atoms in total. The molecule has 1 aromatic rings. The molecule has 7 heteroatoms. The molecule has 0 fully saturated rings. The van der Waals surface area contributed by atoms with Crippen LogP contribution in [0.2, 0.25) is 0 Å². The van der Waals surface area contributed by atoms with Gasteiger partial charge >= 0.3 is 0 Å². The zero-order valence-corrected chi connectivity index (χ0v) is 13.9. The number of aliphatic hydroxyl groups is 1. The molecule has 0 radical (unpaired) electrons. The minimum absolute atomic E-state index is 0.0478. The number of halogens is 1. The molecule has 2 atom stereocenters. The van der Waals surface area contributed by atoms with Crippen molar-refractivity contribution in [2.24, 2.45) is 0 Å². The molecule has 0 amide bonds. The van der Waals surface area contributed by atoms with Gasteiger partial charge in [0.1, 0.15) is 28.3 Å². The van der Waals surface area contributed by atoms with Crippen molar-refractivity contribution in [3.8, 4) is 5.75 Å². The average molecular weight is 366 g/mol. The van der Waals surface area contributed by atoms with Gasteiger partial charge in [-0.05, 0) is 25.1 Å². The summed E-state index contributed by atoms with van der Waals surface area (Å²) in [5.74, 6) is 0.717. The molecular formula is C13H20BrNO4S. The summed E-state index contributed by atoms with van der Waals surface area (Å²) < 4.78 is 28.5. The summed E-state index contributed by atoms with van der Waals surface area (Å²) in [4.78, 5) is 0. The molecule has 0 aliphatic rings. The minimum atomic E-state index is -3.01. The van der Waals surface area contributed by atoms with E-state index in [1.807, 2.05) is 18.2 Å². The highest BCUT2D eigenvalue weighted by atomic mass is 79.9. The fourth-order valence-corrected chi connectivity index (χ4v) is 3.06. The number of aliphatic hydroxyl groups excluding tert-OH is 1. The van der Waals surface area contributed by atoms with Crippen LogP contribution in [0.4, 0.5) is 0 Å². The Hall–Kier alpha value is -0.630. The highest BCUT2D eigenvalue weighted by molar-refractivity contribution is 9.10. The maximum Gasteiger partial charge on any atom is 0.148 e. The number of rotatable bonds is 8. The predicted octanol–water partition coefficient (Wildman–Crippen LogP) is 1.21. The van der Waals surface area contributed by atoms with Crippen LogP contribution in [0.15, 0.2) is 28.7 Å². The third kappa shape index (κ3) is 7.84. The van der Waals surface area contributed by atoms with E-state index in [4.69, 9.17) is 4.74 Å². The lowest BCUT2D eigenvalue weighted by Crippen LogP contribution is -2.39. The van der Waals surface area contributed by atoms with Crippen molar-refractivity contribution >= 4 is 25.8 Å².